The molecule has 2 aromatic carbocycles. The lowest BCUT2D eigenvalue weighted by Gasteiger charge is -2.31. The van der Waals surface area contributed by atoms with Crippen molar-refractivity contribution in [3.63, 3.8) is 0 Å². The quantitative estimate of drug-likeness (QED) is 0.641. The van der Waals surface area contributed by atoms with Gasteiger partial charge in [-0.3, -0.25) is 4.79 Å². The molecule has 0 spiro atoms. The Kier molecular flexibility index (Phi) is 4.96. The first kappa shape index (κ1) is 18.5. The van der Waals surface area contributed by atoms with E-state index in [2.05, 4.69) is 10.2 Å². The van der Waals surface area contributed by atoms with E-state index in [0.717, 1.165) is 18.6 Å². The molecule has 30 heavy (non-hydrogen) atoms. The molecule has 1 amide bonds. The van der Waals surface area contributed by atoms with Crippen LogP contribution in [0, 0.1) is 0 Å². The van der Waals surface area contributed by atoms with Crippen molar-refractivity contribution >= 4 is 5.91 Å². The SMILES string of the molecule is O=C(c1ccc2c(c1)OCO2)N1CCCC(c2nnc(COc3ccccc3)o2)C1. The molecule has 154 valence electrons. The number of piperidine rings is 1. The van der Waals surface area contributed by atoms with Crippen LogP contribution in [0.1, 0.15) is 40.9 Å². The second-order valence-corrected chi connectivity index (χ2v) is 7.29. The standard InChI is InChI=1S/C22H21N3O5/c26-22(15-8-9-18-19(11-15)29-14-28-18)25-10-4-5-16(12-25)21-24-23-20(30-21)13-27-17-6-2-1-3-7-17/h1-3,6-9,11,16H,4-5,10,12-14H2. The Morgan fingerprint density at radius 2 is 1.97 bits per heavy atom. The molecule has 2 aliphatic rings. The third-order valence-electron chi connectivity index (χ3n) is 5.27. The van der Waals surface area contributed by atoms with Gasteiger partial charge in [-0.05, 0) is 43.2 Å². The highest BCUT2D eigenvalue weighted by atomic mass is 16.7. The second kappa shape index (κ2) is 8.06. The zero-order chi connectivity index (χ0) is 20.3. The van der Waals surface area contributed by atoms with Crippen molar-refractivity contribution in [2.75, 3.05) is 19.9 Å². The van der Waals surface area contributed by atoms with E-state index in [1.807, 2.05) is 35.2 Å². The summed E-state index contributed by atoms with van der Waals surface area (Å²) in [7, 11) is 0. The predicted molar refractivity (Wildman–Crippen MR) is 106 cm³/mol. The second-order valence-electron chi connectivity index (χ2n) is 7.29. The maximum atomic E-state index is 13.0. The molecule has 2 aliphatic heterocycles. The van der Waals surface area contributed by atoms with Gasteiger partial charge in [0.15, 0.2) is 18.1 Å². The average molecular weight is 407 g/mol. The molecule has 1 saturated heterocycles. The van der Waals surface area contributed by atoms with Gasteiger partial charge in [-0.1, -0.05) is 18.2 Å². The molecule has 8 nitrogen and oxygen atoms in total. The number of fused-ring (bicyclic) bond motifs is 1. The van der Waals surface area contributed by atoms with Crippen molar-refractivity contribution in [2.45, 2.75) is 25.4 Å². The number of amides is 1. The minimum Gasteiger partial charge on any atom is -0.484 e. The van der Waals surface area contributed by atoms with Gasteiger partial charge in [-0.15, -0.1) is 10.2 Å². The molecule has 1 aromatic heterocycles. The van der Waals surface area contributed by atoms with E-state index in [0.29, 0.717) is 41.9 Å². The van der Waals surface area contributed by atoms with E-state index in [1.165, 1.54) is 0 Å². The molecule has 1 atom stereocenters. The topological polar surface area (TPSA) is 86.9 Å². The number of ether oxygens (including phenoxy) is 3. The summed E-state index contributed by atoms with van der Waals surface area (Å²) in [6.45, 7) is 1.63. The Morgan fingerprint density at radius 3 is 2.87 bits per heavy atom. The minimum absolute atomic E-state index is 0.00897. The van der Waals surface area contributed by atoms with Crippen LogP contribution in [0.15, 0.2) is 52.9 Å². The van der Waals surface area contributed by atoms with Crippen molar-refractivity contribution in [1.29, 1.82) is 0 Å². The average Bonchev–Trinajstić information content (AvgIpc) is 3.47. The van der Waals surface area contributed by atoms with Crippen molar-refractivity contribution in [3.05, 3.63) is 65.9 Å². The normalized spacial score (nSPS) is 17.7. The van der Waals surface area contributed by atoms with Crippen LogP contribution in [0.5, 0.6) is 17.2 Å². The minimum atomic E-state index is -0.0369. The number of aromatic nitrogens is 2. The first-order valence-electron chi connectivity index (χ1n) is 9.95. The van der Waals surface area contributed by atoms with Gasteiger partial charge in [0.25, 0.3) is 11.8 Å². The fourth-order valence-corrected chi connectivity index (χ4v) is 3.73. The highest BCUT2D eigenvalue weighted by Gasteiger charge is 2.29. The maximum absolute atomic E-state index is 13.0. The Balaban J connectivity index is 1.23. The molecule has 5 rings (SSSR count). The molecule has 0 aliphatic carbocycles. The van der Waals surface area contributed by atoms with Gasteiger partial charge in [0.2, 0.25) is 12.7 Å². The zero-order valence-electron chi connectivity index (χ0n) is 16.3. The fraction of sp³-hybridized carbons (Fsp3) is 0.318. The van der Waals surface area contributed by atoms with E-state index in [1.54, 1.807) is 18.2 Å². The van der Waals surface area contributed by atoms with E-state index in [-0.39, 0.29) is 25.2 Å². The molecule has 3 aromatic rings. The number of nitrogens with zero attached hydrogens (tertiary/aromatic N) is 3. The largest absolute Gasteiger partial charge is 0.484 e. The van der Waals surface area contributed by atoms with E-state index in [4.69, 9.17) is 18.6 Å². The first-order valence-corrected chi connectivity index (χ1v) is 9.95. The Hall–Kier alpha value is -3.55. The molecule has 0 saturated carbocycles. The van der Waals surface area contributed by atoms with E-state index >= 15 is 0 Å². The van der Waals surface area contributed by atoms with E-state index < -0.39 is 0 Å². The van der Waals surface area contributed by atoms with Crippen LogP contribution in [-0.4, -0.2) is 40.9 Å². The molecule has 3 heterocycles. The molecule has 8 heteroatoms. The van der Waals surface area contributed by atoms with Crippen molar-refractivity contribution in [3.8, 4) is 17.2 Å². The Labute approximate surface area is 173 Å². The lowest BCUT2D eigenvalue weighted by atomic mass is 9.97. The van der Waals surface area contributed by atoms with Gasteiger partial charge in [0, 0.05) is 18.7 Å². The van der Waals surface area contributed by atoms with E-state index in [9.17, 15) is 4.79 Å². The summed E-state index contributed by atoms with van der Waals surface area (Å²) in [5.74, 6) is 2.96. The lowest BCUT2D eigenvalue weighted by Crippen LogP contribution is -2.39. The monoisotopic (exact) mass is 407 g/mol. The van der Waals surface area contributed by atoms with Gasteiger partial charge in [0.05, 0.1) is 5.92 Å². The van der Waals surface area contributed by atoms with Crippen molar-refractivity contribution in [1.82, 2.24) is 15.1 Å². The van der Waals surface area contributed by atoms with Gasteiger partial charge in [0.1, 0.15) is 5.75 Å². The lowest BCUT2D eigenvalue weighted by molar-refractivity contribution is 0.0696. The molecular weight excluding hydrogens is 386 g/mol. The molecule has 1 unspecified atom stereocenters. The van der Waals surface area contributed by atoms with Crippen LogP contribution < -0.4 is 14.2 Å². The van der Waals surface area contributed by atoms with Crippen LogP contribution in [0.4, 0.5) is 0 Å². The number of carbonyl (C=O) groups excluding carboxylic acids is 1. The van der Waals surface area contributed by atoms with Gasteiger partial charge in [-0.2, -0.15) is 0 Å². The highest BCUT2D eigenvalue weighted by Crippen LogP contribution is 2.34. The number of para-hydroxylation sites is 1. The van der Waals surface area contributed by atoms with Gasteiger partial charge < -0.3 is 23.5 Å². The number of carbonyl (C=O) groups is 1. The van der Waals surface area contributed by atoms with Gasteiger partial charge in [-0.25, -0.2) is 0 Å². The van der Waals surface area contributed by atoms with Crippen LogP contribution in [0.2, 0.25) is 0 Å². The van der Waals surface area contributed by atoms with Crippen molar-refractivity contribution in [2.24, 2.45) is 0 Å². The number of benzene rings is 2. The summed E-state index contributed by atoms with van der Waals surface area (Å²) < 4.78 is 22.2. The fourth-order valence-electron chi connectivity index (χ4n) is 3.73. The summed E-state index contributed by atoms with van der Waals surface area (Å²) in [5, 5.41) is 8.29. The highest BCUT2D eigenvalue weighted by molar-refractivity contribution is 5.95. The third kappa shape index (κ3) is 3.80. The number of rotatable bonds is 5. The van der Waals surface area contributed by atoms with Crippen LogP contribution in [0.3, 0.4) is 0 Å². The summed E-state index contributed by atoms with van der Waals surface area (Å²) in [5.41, 5.74) is 0.586. The zero-order valence-corrected chi connectivity index (χ0v) is 16.3. The number of hydrogen-bond donors (Lipinski definition) is 0. The van der Waals surface area contributed by atoms with Gasteiger partial charge >= 0.3 is 0 Å². The summed E-state index contributed by atoms with van der Waals surface area (Å²) in [4.78, 5) is 14.8. The predicted octanol–water partition coefficient (Wildman–Crippen LogP) is 3.40. The van der Waals surface area contributed by atoms with Crippen LogP contribution in [-0.2, 0) is 6.61 Å². The molecule has 0 radical (unpaired) electrons. The number of likely N-dealkylation sites (tertiary alicyclic amines) is 1. The molecular formula is C22H21N3O5. The first-order chi connectivity index (χ1) is 14.8. The smallest absolute Gasteiger partial charge is 0.254 e. The Morgan fingerprint density at radius 1 is 1.10 bits per heavy atom. The number of hydrogen-bond acceptors (Lipinski definition) is 7. The molecule has 0 bridgehead atoms. The van der Waals surface area contributed by atoms with Crippen LogP contribution in [0.25, 0.3) is 0 Å². The van der Waals surface area contributed by atoms with Crippen molar-refractivity contribution < 1.29 is 23.4 Å². The Bertz CT molecular complexity index is 1040. The maximum Gasteiger partial charge on any atom is 0.254 e. The summed E-state index contributed by atoms with van der Waals surface area (Å²) in [6, 6.07) is 14.8. The molecule has 1 fully saturated rings. The third-order valence-corrected chi connectivity index (χ3v) is 5.27. The molecule has 0 N–H and O–H groups in total. The van der Waals surface area contributed by atoms with Crippen LogP contribution >= 0.6 is 0 Å². The summed E-state index contributed by atoms with van der Waals surface area (Å²) >= 11 is 0. The summed E-state index contributed by atoms with van der Waals surface area (Å²) in [6.07, 6.45) is 1.77.